The molecule has 2 saturated heterocycles. The third-order valence-electron chi connectivity index (χ3n) is 4.61. The Hall–Kier alpha value is -2.02. The van der Waals surface area contributed by atoms with Crippen LogP contribution in [0.4, 0.5) is 8.78 Å². The smallest absolute Gasteiger partial charge is 0.290 e. The molecule has 7 heteroatoms. The fourth-order valence-corrected chi connectivity index (χ4v) is 3.46. The first-order valence-electron chi connectivity index (χ1n) is 8.42. The highest BCUT2D eigenvalue weighted by molar-refractivity contribution is 5.79. The minimum absolute atomic E-state index is 0.0825. The summed E-state index contributed by atoms with van der Waals surface area (Å²) < 4.78 is 31.8. The maximum atomic E-state index is 13.2. The lowest BCUT2D eigenvalue weighted by molar-refractivity contribution is -0.137. The Balaban J connectivity index is 0.000000701. The van der Waals surface area contributed by atoms with E-state index in [4.69, 9.17) is 14.6 Å². The molecule has 1 unspecified atom stereocenters. The monoisotopic (exact) mass is 355 g/mol. The van der Waals surface area contributed by atoms with Crippen molar-refractivity contribution in [1.82, 2.24) is 4.90 Å². The molecule has 0 aliphatic carbocycles. The Morgan fingerprint density at radius 2 is 1.80 bits per heavy atom. The summed E-state index contributed by atoms with van der Waals surface area (Å²) in [6, 6.07) is 3.65. The topological polar surface area (TPSA) is 66.8 Å². The molecule has 1 amide bonds. The maximum absolute atomic E-state index is 13.2. The molecule has 0 aromatic heterocycles. The average molecular weight is 355 g/mol. The van der Waals surface area contributed by atoms with Gasteiger partial charge in [0, 0.05) is 38.3 Å². The van der Waals surface area contributed by atoms with Gasteiger partial charge in [-0.25, -0.2) is 8.78 Å². The van der Waals surface area contributed by atoms with Crippen molar-refractivity contribution in [1.29, 1.82) is 0 Å². The molecule has 2 aliphatic rings. The van der Waals surface area contributed by atoms with E-state index in [0.29, 0.717) is 31.7 Å². The van der Waals surface area contributed by atoms with Crippen molar-refractivity contribution >= 4 is 12.4 Å². The first-order valence-corrected chi connectivity index (χ1v) is 8.42. The first-order chi connectivity index (χ1) is 12.0. The number of amides is 1. The van der Waals surface area contributed by atoms with E-state index in [1.807, 2.05) is 4.90 Å². The molecule has 0 bridgehead atoms. The number of ether oxygens (including phenoxy) is 1. The van der Waals surface area contributed by atoms with Gasteiger partial charge in [-0.05, 0) is 49.3 Å². The SMILES string of the molecule is O=C(C1CCOCC1)N1CCC(Cc2cc(F)cc(F)c2)C1.O=CO. The molecule has 25 heavy (non-hydrogen) atoms. The lowest BCUT2D eigenvalue weighted by atomic mass is 9.97. The van der Waals surface area contributed by atoms with Crippen molar-refractivity contribution in [3.05, 3.63) is 35.4 Å². The number of carbonyl (C=O) groups is 2. The van der Waals surface area contributed by atoms with Crippen molar-refractivity contribution in [3.63, 3.8) is 0 Å². The van der Waals surface area contributed by atoms with Gasteiger partial charge in [-0.2, -0.15) is 0 Å². The Morgan fingerprint density at radius 3 is 2.40 bits per heavy atom. The predicted octanol–water partition coefficient (Wildman–Crippen LogP) is 2.48. The van der Waals surface area contributed by atoms with Crippen molar-refractivity contribution in [2.75, 3.05) is 26.3 Å². The van der Waals surface area contributed by atoms with Crippen molar-refractivity contribution in [2.45, 2.75) is 25.7 Å². The maximum Gasteiger partial charge on any atom is 0.290 e. The van der Waals surface area contributed by atoms with E-state index in [1.54, 1.807) is 0 Å². The van der Waals surface area contributed by atoms with E-state index in [-0.39, 0.29) is 24.2 Å². The van der Waals surface area contributed by atoms with E-state index in [9.17, 15) is 13.6 Å². The Kier molecular flexibility index (Phi) is 7.31. The zero-order chi connectivity index (χ0) is 18.2. The zero-order valence-corrected chi connectivity index (χ0v) is 14.0. The van der Waals surface area contributed by atoms with Crippen molar-refractivity contribution in [3.8, 4) is 0 Å². The number of rotatable bonds is 3. The van der Waals surface area contributed by atoms with Gasteiger partial charge < -0.3 is 14.7 Å². The van der Waals surface area contributed by atoms with Gasteiger partial charge in [0.15, 0.2) is 0 Å². The van der Waals surface area contributed by atoms with E-state index < -0.39 is 11.6 Å². The molecule has 0 spiro atoms. The second-order valence-electron chi connectivity index (χ2n) is 6.41. The van der Waals surface area contributed by atoms with E-state index in [1.165, 1.54) is 12.1 Å². The van der Waals surface area contributed by atoms with Gasteiger partial charge in [0.1, 0.15) is 11.6 Å². The fraction of sp³-hybridized carbons (Fsp3) is 0.556. The van der Waals surface area contributed by atoms with E-state index >= 15 is 0 Å². The van der Waals surface area contributed by atoms with Crippen LogP contribution in [0.5, 0.6) is 0 Å². The second kappa shape index (κ2) is 9.46. The third kappa shape index (κ3) is 5.77. The predicted molar refractivity (Wildman–Crippen MR) is 87.0 cm³/mol. The molecule has 2 aliphatic heterocycles. The molecule has 138 valence electrons. The number of carbonyl (C=O) groups excluding carboxylic acids is 1. The molecular weight excluding hydrogens is 332 g/mol. The number of hydrogen-bond acceptors (Lipinski definition) is 3. The van der Waals surface area contributed by atoms with Crippen LogP contribution in [0.25, 0.3) is 0 Å². The van der Waals surface area contributed by atoms with Crippen LogP contribution < -0.4 is 0 Å². The molecule has 1 N–H and O–H groups in total. The van der Waals surface area contributed by atoms with Crippen LogP contribution in [0.15, 0.2) is 18.2 Å². The molecule has 5 nitrogen and oxygen atoms in total. The highest BCUT2D eigenvalue weighted by Gasteiger charge is 2.31. The van der Waals surface area contributed by atoms with Gasteiger partial charge in [-0.3, -0.25) is 9.59 Å². The van der Waals surface area contributed by atoms with Crippen LogP contribution in [0.3, 0.4) is 0 Å². The summed E-state index contributed by atoms with van der Waals surface area (Å²) in [5.74, 6) is -0.494. The second-order valence-corrected chi connectivity index (χ2v) is 6.41. The Morgan fingerprint density at radius 1 is 1.20 bits per heavy atom. The van der Waals surface area contributed by atoms with Gasteiger partial charge >= 0.3 is 0 Å². The molecule has 2 fully saturated rings. The van der Waals surface area contributed by atoms with Crippen LogP contribution >= 0.6 is 0 Å². The summed E-state index contributed by atoms with van der Waals surface area (Å²) >= 11 is 0. The average Bonchev–Trinajstić information content (AvgIpc) is 3.03. The van der Waals surface area contributed by atoms with E-state index in [0.717, 1.165) is 31.9 Å². The number of likely N-dealkylation sites (tertiary alicyclic amines) is 1. The summed E-state index contributed by atoms with van der Waals surface area (Å²) in [4.78, 5) is 22.7. The number of benzene rings is 1. The van der Waals surface area contributed by atoms with Crippen molar-refractivity contribution in [2.24, 2.45) is 11.8 Å². The molecule has 2 heterocycles. The van der Waals surface area contributed by atoms with E-state index in [2.05, 4.69) is 0 Å². The molecule has 1 atom stereocenters. The molecule has 1 aromatic carbocycles. The lowest BCUT2D eigenvalue weighted by Crippen LogP contribution is -2.37. The number of hydrogen-bond donors (Lipinski definition) is 1. The highest BCUT2D eigenvalue weighted by Crippen LogP contribution is 2.25. The summed E-state index contributed by atoms with van der Waals surface area (Å²) in [5.41, 5.74) is 0.669. The standard InChI is InChI=1S/C17H21F2NO2.CH2O2/c18-15-8-13(9-16(19)10-15)7-12-1-4-20(11-12)17(21)14-2-5-22-6-3-14;2-1-3/h8-10,12,14H,1-7,11H2;1H,(H,2,3). The molecule has 1 aromatic rings. The molecular formula is C18H23F2NO4. The number of halogens is 2. The minimum Gasteiger partial charge on any atom is -0.483 e. The van der Waals surface area contributed by atoms with Crippen LogP contribution in [-0.2, 0) is 20.7 Å². The summed E-state index contributed by atoms with van der Waals surface area (Å²) in [5, 5.41) is 6.89. The van der Waals surface area contributed by atoms with Gasteiger partial charge in [0.25, 0.3) is 6.47 Å². The molecule has 3 rings (SSSR count). The van der Waals surface area contributed by atoms with Crippen LogP contribution in [0, 0.1) is 23.5 Å². The highest BCUT2D eigenvalue weighted by atomic mass is 19.1. The minimum atomic E-state index is -0.539. The van der Waals surface area contributed by atoms with Crippen molar-refractivity contribution < 1.29 is 28.2 Å². The number of carboxylic acid groups (broad SMARTS) is 1. The fourth-order valence-electron chi connectivity index (χ4n) is 3.46. The van der Waals surface area contributed by atoms with Gasteiger partial charge in [-0.15, -0.1) is 0 Å². The van der Waals surface area contributed by atoms with Crippen LogP contribution in [-0.4, -0.2) is 48.7 Å². The van der Waals surface area contributed by atoms with Crippen LogP contribution in [0.2, 0.25) is 0 Å². The summed E-state index contributed by atoms with van der Waals surface area (Å²) in [6.45, 7) is 2.51. The number of nitrogens with zero attached hydrogens (tertiary/aromatic N) is 1. The first kappa shape index (κ1) is 19.3. The summed E-state index contributed by atoms with van der Waals surface area (Å²) in [7, 11) is 0. The molecule has 0 saturated carbocycles. The third-order valence-corrected chi connectivity index (χ3v) is 4.61. The largest absolute Gasteiger partial charge is 0.483 e. The van der Waals surface area contributed by atoms with Gasteiger partial charge in [0.05, 0.1) is 0 Å². The van der Waals surface area contributed by atoms with Gasteiger partial charge in [0.2, 0.25) is 5.91 Å². The van der Waals surface area contributed by atoms with Gasteiger partial charge in [-0.1, -0.05) is 0 Å². The van der Waals surface area contributed by atoms with Crippen LogP contribution in [0.1, 0.15) is 24.8 Å². The quantitative estimate of drug-likeness (QED) is 0.846. The normalized spacial score (nSPS) is 20.7. The lowest BCUT2D eigenvalue weighted by Gasteiger charge is -2.26. The Bertz CT molecular complexity index is 570. The molecule has 0 radical (unpaired) electrons. The zero-order valence-electron chi connectivity index (χ0n) is 14.0. The Labute approximate surface area is 145 Å². The summed E-state index contributed by atoms with van der Waals surface area (Å²) in [6.07, 6.45) is 3.11.